The molecule has 0 aromatic heterocycles. The van der Waals surface area contributed by atoms with Crippen LogP contribution in [0.4, 0.5) is 0 Å². The van der Waals surface area contributed by atoms with Crippen molar-refractivity contribution in [2.45, 2.75) is 6.42 Å². The first-order valence-corrected chi connectivity index (χ1v) is 10.1. The van der Waals surface area contributed by atoms with Crippen LogP contribution in [-0.2, 0) is 6.42 Å². The molecule has 2 aliphatic rings. The van der Waals surface area contributed by atoms with Gasteiger partial charge in [0.25, 0.3) is 0 Å². The molecule has 31 heavy (non-hydrogen) atoms. The van der Waals surface area contributed by atoms with Gasteiger partial charge in [-0.2, -0.15) is 0 Å². The van der Waals surface area contributed by atoms with E-state index in [1.54, 1.807) is 48.5 Å². The monoisotopic (exact) mass is 402 g/mol. The Kier molecular flexibility index (Phi) is 4.64. The maximum Gasteiger partial charge on any atom is 0.194 e. The summed E-state index contributed by atoms with van der Waals surface area (Å²) in [5, 5.41) is 0. The number of benzene rings is 4. The lowest BCUT2D eigenvalue weighted by Crippen LogP contribution is -2.20. The molecule has 0 aliphatic heterocycles. The second-order valence-corrected chi connectivity index (χ2v) is 7.57. The van der Waals surface area contributed by atoms with Gasteiger partial charge in [-0.25, -0.2) is 0 Å². The van der Waals surface area contributed by atoms with Gasteiger partial charge in [-0.3, -0.25) is 14.4 Å². The third-order valence-electron chi connectivity index (χ3n) is 5.74. The van der Waals surface area contributed by atoms with Crippen molar-refractivity contribution in [3.63, 3.8) is 0 Å². The standard InChI is InChI=1S/C14H8O2.C14H10O/c15-13-9-5-1-2-6-10(9)14(16)12-8-4-3-7-11(12)13;15-14-12-7-3-1-5-10(12)9-11-6-2-4-8-13(11)14/h1-8H;1-8H,9H2. The number of fused-ring (bicyclic) bond motifs is 4. The van der Waals surface area contributed by atoms with Gasteiger partial charge in [0.2, 0.25) is 0 Å². The summed E-state index contributed by atoms with van der Waals surface area (Å²) in [6.07, 6.45) is 0.873. The number of carbonyl (C=O) groups is 3. The molecular formula is C28H18O3. The number of hydrogen-bond acceptors (Lipinski definition) is 3. The summed E-state index contributed by atoms with van der Waals surface area (Å²) in [7, 11) is 0. The molecule has 0 unspecified atom stereocenters. The van der Waals surface area contributed by atoms with Gasteiger partial charge in [-0.05, 0) is 17.5 Å². The highest BCUT2D eigenvalue weighted by atomic mass is 16.1. The zero-order chi connectivity index (χ0) is 21.4. The summed E-state index contributed by atoms with van der Waals surface area (Å²) in [6.45, 7) is 0. The zero-order valence-corrected chi connectivity index (χ0v) is 16.7. The van der Waals surface area contributed by atoms with E-state index in [1.807, 2.05) is 48.5 Å². The first kappa shape index (κ1) is 18.9. The van der Waals surface area contributed by atoms with Gasteiger partial charge in [0.05, 0.1) is 0 Å². The molecule has 4 aromatic carbocycles. The third kappa shape index (κ3) is 3.21. The van der Waals surface area contributed by atoms with E-state index in [0.717, 1.165) is 28.7 Å². The average molecular weight is 402 g/mol. The predicted molar refractivity (Wildman–Crippen MR) is 119 cm³/mol. The van der Waals surface area contributed by atoms with Crippen molar-refractivity contribution in [2.75, 3.05) is 0 Å². The summed E-state index contributed by atoms with van der Waals surface area (Å²) >= 11 is 0. The first-order valence-electron chi connectivity index (χ1n) is 10.1. The summed E-state index contributed by atoms with van der Waals surface area (Å²) in [5.74, 6) is 0.0315. The first-order chi connectivity index (χ1) is 15.1. The van der Waals surface area contributed by atoms with Gasteiger partial charge in [-0.1, -0.05) is 97.1 Å². The van der Waals surface area contributed by atoms with Crippen LogP contribution in [0, 0.1) is 0 Å². The second kappa shape index (κ2) is 7.62. The topological polar surface area (TPSA) is 51.2 Å². The highest BCUT2D eigenvalue weighted by Crippen LogP contribution is 2.27. The lowest BCUT2D eigenvalue weighted by atomic mass is 9.84. The number of carbonyl (C=O) groups excluding carboxylic acids is 3. The molecule has 0 radical (unpaired) electrons. The molecule has 148 valence electrons. The van der Waals surface area contributed by atoms with Crippen molar-refractivity contribution >= 4 is 17.3 Å². The Morgan fingerprint density at radius 1 is 0.355 bits per heavy atom. The lowest BCUT2D eigenvalue weighted by Gasteiger charge is -2.17. The fourth-order valence-corrected chi connectivity index (χ4v) is 4.19. The van der Waals surface area contributed by atoms with E-state index in [9.17, 15) is 14.4 Å². The maximum atomic E-state index is 12.1. The molecule has 0 heterocycles. The van der Waals surface area contributed by atoms with Crippen LogP contribution in [0.1, 0.15) is 58.9 Å². The van der Waals surface area contributed by atoms with E-state index >= 15 is 0 Å². The third-order valence-corrected chi connectivity index (χ3v) is 5.74. The van der Waals surface area contributed by atoms with E-state index in [4.69, 9.17) is 0 Å². The van der Waals surface area contributed by atoms with Crippen LogP contribution < -0.4 is 0 Å². The van der Waals surface area contributed by atoms with E-state index in [-0.39, 0.29) is 17.3 Å². The molecule has 4 aromatic rings. The minimum absolute atomic E-state index is 0.0641. The maximum absolute atomic E-state index is 12.1. The Balaban J connectivity index is 0.000000132. The van der Waals surface area contributed by atoms with E-state index in [1.165, 1.54) is 0 Å². The lowest BCUT2D eigenvalue weighted by molar-refractivity contribution is 0.0979. The molecule has 0 spiro atoms. The second-order valence-electron chi connectivity index (χ2n) is 7.57. The Morgan fingerprint density at radius 3 is 0.968 bits per heavy atom. The van der Waals surface area contributed by atoms with Crippen LogP contribution in [0.5, 0.6) is 0 Å². The van der Waals surface area contributed by atoms with Gasteiger partial charge < -0.3 is 0 Å². The number of ketones is 3. The Bertz CT molecular complexity index is 1210. The number of rotatable bonds is 0. The van der Waals surface area contributed by atoms with E-state index in [0.29, 0.717) is 22.3 Å². The SMILES string of the molecule is O=C1c2ccccc2C(=O)c2ccccc21.O=C1c2ccccc2Cc2ccccc21. The normalized spacial score (nSPS) is 13.2. The smallest absolute Gasteiger partial charge is 0.194 e. The van der Waals surface area contributed by atoms with Crippen molar-refractivity contribution in [3.8, 4) is 0 Å². The predicted octanol–water partition coefficient (Wildman–Crippen LogP) is 5.28. The summed E-state index contributed by atoms with van der Waals surface area (Å²) < 4.78 is 0. The van der Waals surface area contributed by atoms with Crippen LogP contribution in [0.3, 0.4) is 0 Å². The minimum atomic E-state index is -0.0641. The van der Waals surface area contributed by atoms with Crippen LogP contribution in [0.15, 0.2) is 97.1 Å². The zero-order valence-electron chi connectivity index (χ0n) is 16.7. The summed E-state index contributed by atoms with van der Waals surface area (Å²) in [4.78, 5) is 36.3. The van der Waals surface area contributed by atoms with Gasteiger partial charge in [0, 0.05) is 33.4 Å². The molecule has 3 heteroatoms. The molecule has 0 atom stereocenters. The van der Waals surface area contributed by atoms with Crippen molar-refractivity contribution < 1.29 is 14.4 Å². The summed E-state index contributed by atoms with van der Waals surface area (Å²) in [6, 6.07) is 29.6. The van der Waals surface area contributed by atoms with Gasteiger partial charge in [0.15, 0.2) is 17.3 Å². The molecule has 3 nitrogen and oxygen atoms in total. The number of hydrogen-bond donors (Lipinski definition) is 0. The van der Waals surface area contributed by atoms with Gasteiger partial charge in [-0.15, -0.1) is 0 Å². The Morgan fingerprint density at radius 2 is 0.613 bits per heavy atom. The largest absolute Gasteiger partial charge is 0.289 e. The van der Waals surface area contributed by atoms with Crippen LogP contribution >= 0.6 is 0 Å². The highest BCUT2D eigenvalue weighted by Gasteiger charge is 2.28. The van der Waals surface area contributed by atoms with Gasteiger partial charge >= 0.3 is 0 Å². The van der Waals surface area contributed by atoms with E-state index < -0.39 is 0 Å². The molecule has 0 fully saturated rings. The molecule has 0 bridgehead atoms. The van der Waals surface area contributed by atoms with Crippen LogP contribution in [0.25, 0.3) is 0 Å². The molecule has 0 saturated carbocycles. The molecule has 2 aliphatic carbocycles. The van der Waals surface area contributed by atoms with Crippen molar-refractivity contribution in [1.82, 2.24) is 0 Å². The van der Waals surface area contributed by atoms with Crippen LogP contribution in [0.2, 0.25) is 0 Å². The average Bonchev–Trinajstić information content (AvgIpc) is 2.83. The molecule has 0 N–H and O–H groups in total. The minimum Gasteiger partial charge on any atom is -0.289 e. The quantitative estimate of drug-likeness (QED) is 0.347. The molecule has 0 amide bonds. The Hall–Kier alpha value is -4.11. The molecule has 6 rings (SSSR count). The van der Waals surface area contributed by atoms with Crippen LogP contribution in [-0.4, -0.2) is 17.3 Å². The van der Waals surface area contributed by atoms with E-state index in [2.05, 4.69) is 0 Å². The van der Waals surface area contributed by atoms with Crippen molar-refractivity contribution in [2.24, 2.45) is 0 Å². The summed E-state index contributed by atoms with van der Waals surface area (Å²) in [5.41, 5.74) is 6.02. The fourth-order valence-electron chi connectivity index (χ4n) is 4.19. The van der Waals surface area contributed by atoms with Crippen molar-refractivity contribution in [3.05, 3.63) is 142 Å². The van der Waals surface area contributed by atoms with Gasteiger partial charge in [0.1, 0.15) is 0 Å². The fraction of sp³-hybridized carbons (Fsp3) is 0.0357. The molecule has 0 saturated heterocycles. The highest BCUT2D eigenvalue weighted by molar-refractivity contribution is 6.28. The van der Waals surface area contributed by atoms with Crippen molar-refractivity contribution in [1.29, 1.82) is 0 Å². The Labute approximate surface area is 180 Å². The molecular weight excluding hydrogens is 384 g/mol.